The molecule has 1 amide bonds. The lowest BCUT2D eigenvalue weighted by Crippen LogP contribution is -2.10. The van der Waals surface area contributed by atoms with Crippen molar-refractivity contribution in [1.82, 2.24) is 4.98 Å². The van der Waals surface area contributed by atoms with E-state index in [1.807, 2.05) is 29.8 Å². The minimum Gasteiger partial charge on any atom is -0.302 e. The van der Waals surface area contributed by atoms with Crippen LogP contribution in [0.3, 0.4) is 0 Å². The lowest BCUT2D eigenvalue weighted by Gasteiger charge is -1.97. The van der Waals surface area contributed by atoms with Crippen molar-refractivity contribution in [3.05, 3.63) is 22.9 Å². The molecule has 0 radical (unpaired) electrons. The lowest BCUT2D eigenvalue weighted by atomic mass is 10.3. The molecule has 0 aliphatic carbocycles. The van der Waals surface area contributed by atoms with Crippen molar-refractivity contribution < 1.29 is 4.79 Å². The van der Waals surface area contributed by atoms with E-state index >= 15 is 0 Å². The monoisotopic (exact) mass is 252 g/mol. The first kappa shape index (κ1) is 11.3. The number of hydrogen-bond acceptors (Lipinski definition) is 4. The third kappa shape index (κ3) is 2.68. The fourth-order valence-corrected chi connectivity index (χ4v) is 2.76. The number of aromatic nitrogens is 1. The van der Waals surface area contributed by atoms with Crippen LogP contribution < -0.4 is 5.32 Å². The Labute approximate surface area is 102 Å². The standard InChI is InChI=1S/C11H12N2OS2/c1-2-4-10(14)13-11-12-8(7-16-11)9-5-3-6-15-9/h3,5-7H,2,4H2,1H3,(H,12,13,14). The molecule has 16 heavy (non-hydrogen) atoms. The summed E-state index contributed by atoms with van der Waals surface area (Å²) in [4.78, 5) is 16.9. The highest BCUT2D eigenvalue weighted by Gasteiger charge is 2.07. The first-order chi connectivity index (χ1) is 7.79. The van der Waals surface area contributed by atoms with Gasteiger partial charge in [0.05, 0.1) is 10.6 Å². The summed E-state index contributed by atoms with van der Waals surface area (Å²) < 4.78 is 0. The Hall–Kier alpha value is -1.20. The molecular formula is C11H12N2OS2. The second-order valence-corrected chi connectivity index (χ2v) is 5.12. The summed E-state index contributed by atoms with van der Waals surface area (Å²) in [5, 5.41) is 7.46. The van der Waals surface area contributed by atoms with Gasteiger partial charge < -0.3 is 5.32 Å². The zero-order chi connectivity index (χ0) is 11.4. The fourth-order valence-electron chi connectivity index (χ4n) is 1.28. The molecule has 3 nitrogen and oxygen atoms in total. The number of anilines is 1. The van der Waals surface area contributed by atoms with Gasteiger partial charge in [-0.1, -0.05) is 13.0 Å². The van der Waals surface area contributed by atoms with E-state index in [1.54, 1.807) is 11.3 Å². The van der Waals surface area contributed by atoms with Crippen LogP contribution in [0.5, 0.6) is 0 Å². The van der Waals surface area contributed by atoms with Gasteiger partial charge in [0.15, 0.2) is 5.13 Å². The first-order valence-electron chi connectivity index (χ1n) is 5.09. The summed E-state index contributed by atoms with van der Waals surface area (Å²) >= 11 is 3.12. The molecule has 5 heteroatoms. The van der Waals surface area contributed by atoms with Gasteiger partial charge in [-0.15, -0.1) is 22.7 Å². The van der Waals surface area contributed by atoms with Gasteiger partial charge in [-0.25, -0.2) is 4.98 Å². The summed E-state index contributed by atoms with van der Waals surface area (Å²) in [6.45, 7) is 1.98. The number of rotatable bonds is 4. The SMILES string of the molecule is CCCC(=O)Nc1nc(-c2cccs2)cs1. The number of hydrogen-bond donors (Lipinski definition) is 1. The summed E-state index contributed by atoms with van der Waals surface area (Å²) in [5.74, 6) is 0.0366. The van der Waals surface area contributed by atoms with Crippen molar-refractivity contribution in [2.24, 2.45) is 0 Å². The number of thiophene rings is 1. The molecule has 2 aromatic rings. The zero-order valence-electron chi connectivity index (χ0n) is 8.90. The minimum atomic E-state index is 0.0366. The van der Waals surface area contributed by atoms with E-state index in [2.05, 4.69) is 10.3 Å². The van der Waals surface area contributed by atoms with Gasteiger partial charge in [-0.2, -0.15) is 0 Å². The van der Waals surface area contributed by atoms with Gasteiger partial charge in [0.1, 0.15) is 0 Å². The minimum absolute atomic E-state index is 0.0366. The molecule has 0 aromatic carbocycles. The van der Waals surface area contributed by atoms with E-state index in [1.165, 1.54) is 11.3 Å². The molecule has 2 heterocycles. The third-order valence-corrected chi connectivity index (χ3v) is 3.65. The molecule has 0 aliphatic heterocycles. The van der Waals surface area contributed by atoms with E-state index in [-0.39, 0.29) is 5.91 Å². The molecular weight excluding hydrogens is 240 g/mol. The highest BCUT2D eigenvalue weighted by atomic mass is 32.1. The van der Waals surface area contributed by atoms with Gasteiger partial charge in [0.25, 0.3) is 0 Å². The largest absolute Gasteiger partial charge is 0.302 e. The van der Waals surface area contributed by atoms with E-state index in [4.69, 9.17) is 0 Å². The summed E-state index contributed by atoms with van der Waals surface area (Å²) in [5.41, 5.74) is 0.937. The van der Waals surface area contributed by atoms with E-state index in [0.29, 0.717) is 11.6 Å². The summed E-state index contributed by atoms with van der Waals surface area (Å²) in [6, 6.07) is 4.02. The van der Waals surface area contributed by atoms with Crippen LogP contribution in [-0.2, 0) is 4.79 Å². The zero-order valence-corrected chi connectivity index (χ0v) is 10.5. The van der Waals surface area contributed by atoms with Crippen molar-refractivity contribution in [3.63, 3.8) is 0 Å². The van der Waals surface area contributed by atoms with Crippen LogP contribution in [0, 0.1) is 0 Å². The van der Waals surface area contributed by atoms with E-state index in [9.17, 15) is 4.79 Å². The van der Waals surface area contributed by atoms with Gasteiger partial charge in [-0.3, -0.25) is 4.79 Å². The van der Waals surface area contributed by atoms with Gasteiger partial charge in [0.2, 0.25) is 5.91 Å². The van der Waals surface area contributed by atoms with Crippen LogP contribution in [0.2, 0.25) is 0 Å². The van der Waals surface area contributed by atoms with Crippen LogP contribution in [0.4, 0.5) is 5.13 Å². The number of carbonyl (C=O) groups excluding carboxylic acids is 1. The normalized spacial score (nSPS) is 10.3. The molecule has 0 saturated carbocycles. The Bertz CT molecular complexity index is 462. The maximum Gasteiger partial charge on any atom is 0.226 e. The predicted molar refractivity (Wildman–Crippen MR) is 69.0 cm³/mol. The summed E-state index contributed by atoms with van der Waals surface area (Å²) in [6.07, 6.45) is 1.41. The smallest absolute Gasteiger partial charge is 0.226 e. The molecule has 0 bridgehead atoms. The maximum absolute atomic E-state index is 11.4. The molecule has 0 saturated heterocycles. The topological polar surface area (TPSA) is 42.0 Å². The fraction of sp³-hybridized carbons (Fsp3) is 0.273. The van der Waals surface area contributed by atoms with Crippen molar-refractivity contribution in [2.75, 3.05) is 5.32 Å². The Kier molecular flexibility index (Phi) is 3.69. The first-order valence-corrected chi connectivity index (χ1v) is 6.84. The van der Waals surface area contributed by atoms with Crippen LogP contribution in [0.25, 0.3) is 10.6 Å². The predicted octanol–water partition coefficient (Wildman–Crippen LogP) is 3.61. The third-order valence-electron chi connectivity index (χ3n) is 2.00. The number of nitrogens with one attached hydrogen (secondary N) is 1. The highest BCUT2D eigenvalue weighted by Crippen LogP contribution is 2.28. The molecule has 84 valence electrons. The van der Waals surface area contributed by atoms with Crippen LogP contribution in [0.15, 0.2) is 22.9 Å². The van der Waals surface area contributed by atoms with Crippen LogP contribution >= 0.6 is 22.7 Å². The Balaban J connectivity index is 2.06. The average molecular weight is 252 g/mol. The Morgan fingerprint density at radius 3 is 3.06 bits per heavy atom. The molecule has 0 spiro atoms. The van der Waals surface area contributed by atoms with Crippen LogP contribution in [0.1, 0.15) is 19.8 Å². The van der Waals surface area contributed by atoms with Gasteiger partial charge in [-0.05, 0) is 17.9 Å². The second-order valence-electron chi connectivity index (χ2n) is 3.31. The molecule has 2 aromatic heterocycles. The number of carbonyl (C=O) groups is 1. The Morgan fingerprint density at radius 1 is 1.50 bits per heavy atom. The molecule has 0 fully saturated rings. The number of thiazole rings is 1. The van der Waals surface area contributed by atoms with Crippen molar-refractivity contribution >= 4 is 33.7 Å². The van der Waals surface area contributed by atoms with E-state index in [0.717, 1.165) is 17.0 Å². The second kappa shape index (κ2) is 5.23. The van der Waals surface area contributed by atoms with Crippen molar-refractivity contribution in [3.8, 4) is 10.6 Å². The molecule has 0 atom stereocenters. The lowest BCUT2D eigenvalue weighted by molar-refractivity contribution is -0.116. The van der Waals surface area contributed by atoms with Crippen LogP contribution in [-0.4, -0.2) is 10.9 Å². The number of amides is 1. The van der Waals surface area contributed by atoms with Crippen molar-refractivity contribution in [2.45, 2.75) is 19.8 Å². The highest BCUT2D eigenvalue weighted by molar-refractivity contribution is 7.16. The summed E-state index contributed by atoms with van der Waals surface area (Å²) in [7, 11) is 0. The average Bonchev–Trinajstić information content (AvgIpc) is 2.86. The van der Waals surface area contributed by atoms with E-state index < -0.39 is 0 Å². The van der Waals surface area contributed by atoms with Gasteiger partial charge in [0, 0.05) is 11.8 Å². The Morgan fingerprint density at radius 2 is 2.38 bits per heavy atom. The van der Waals surface area contributed by atoms with Gasteiger partial charge >= 0.3 is 0 Å². The molecule has 2 rings (SSSR count). The maximum atomic E-state index is 11.4. The molecule has 0 aliphatic rings. The molecule has 1 N–H and O–H groups in total. The van der Waals surface area contributed by atoms with Crippen molar-refractivity contribution in [1.29, 1.82) is 0 Å². The number of nitrogens with zero attached hydrogens (tertiary/aromatic N) is 1. The molecule has 0 unspecified atom stereocenters. The quantitative estimate of drug-likeness (QED) is 0.903.